The minimum absolute atomic E-state index is 0.191. The Balaban J connectivity index is 2.15. The Bertz CT molecular complexity index is 405. The first kappa shape index (κ1) is 11.8. The van der Waals surface area contributed by atoms with Gasteiger partial charge in [-0.05, 0) is 37.9 Å². The van der Waals surface area contributed by atoms with Crippen LogP contribution in [0.25, 0.3) is 0 Å². The van der Waals surface area contributed by atoms with Gasteiger partial charge in [-0.2, -0.15) is 0 Å². The molecule has 1 amide bonds. The third-order valence-corrected chi connectivity index (χ3v) is 3.19. The van der Waals surface area contributed by atoms with Gasteiger partial charge in [0.05, 0.1) is 0 Å². The Morgan fingerprint density at radius 3 is 2.76 bits per heavy atom. The first-order valence-corrected chi connectivity index (χ1v) is 5.72. The molecule has 17 heavy (non-hydrogen) atoms. The van der Waals surface area contributed by atoms with Gasteiger partial charge in [-0.15, -0.1) is 10.2 Å². The van der Waals surface area contributed by atoms with Crippen LogP contribution < -0.4 is 16.4 Å². The molecule has 2 rings (SSSR count). The smallest absolute Gasteiger partial charge is 0.269 e. The number of amides is 1. The molecule has 0 saturated carbocycles. The van der Waals surface area contributed by atoms with Crippen LogP contribution in [-0.4, -0.2) is 35.2 Å². The van der Waals surface area contributed by atoms with E-state index in [0.717, 1.165) is 18.8 Å². The largest absolute Gasteiger partial charge is 0.364 e. The van der Waals surface area contributed by atoms with Gasteiger partial charge in [0.2, 0.25) is 0 Å². The van der Waals surface area contributed by atoms with Crippen LogP contribution in [-0.2, 0) is 0 Å². The maximum absolute atomic E-state index is 10.9. The van der Waals surface area contributed by atoms with Crippen LogP contribution in [0.3, 0.4) is 0 Å². The Hall–Kier alpha value is -1.69. The highest BCUT2D eigenvalue weighted by molar-refractivity contribution is 5.90. The lowest BCUT2D eigenvalue weighted by Crippen LogP contribution is -2.29. The molecule has 0 aromatic carbocycles. The molecule has 0 radical (unpaired) electrons. The van der Waals surface area contributed by atoms with Gasteiger partial charge in [-0.25, -0.2) is 0 Å². The number of carbonyl (C=O) groups excluding carboxylic acids is 1. The molecule has 1 saturated heterocycles. The summed E-state index contributed by atoms with van der Waals surface area (Å²) in [5, 5.41) is 7.85. The molecule has 6 heteroatoms. The van der Waals surface area contributed by atoms with Crippen LogP contribution in [0.1, 0.15) is 23.8 Å². The first-order chi connectivity index (χ1) is 8.11. The molecular formula is C11H17N5O. The van der Waals surface area contributed by atoms with E-state index in [9.17, 15) is 4.79 Å². The molecule has 0 bridgehead atoms. The number of rotatable bonds is 3. The topological polar surface area (TPSA) is 98.1 Å². The summed E-state index contributed by atoms with van der Waals surface area (Å²) in [6.45, 7) is 3.72. The average Bonchev–Trinajstić information content (AvgIpc) is 2.71. The molecule has 0 aliphatic carbocycles. The van der Waals surface area contributed by atoms with Crippen molar-refractivity contribution in [2.75, 3.05) is 18.0 Å². The molecule has 2 atom stereocenters. The summed E-state index contributed by atoms with van der Waals surface area (Å²) in [4.78, 5) is 13.0. The third-order valence-electron chi connectivity index (χ3n) is 3.19. The molecule has 2 heterocycles. The minimum atomic E-state index is -0.557. The Morgan fingerprint density at radius 2 is 2.29 bits per heavy atom. The minimum Gasteiger partial charge on any atom is -0.364 e. The van der Waals surface area contributed by atoms with Crippen LogP contribution in [0.5, 0.6) is 0 Å². The van der Waals surface area contributed by atoms with Crippen LogP contribution in [0.15, 0.2) is 12.1 Å². The number of nitrogens with zero attached hydrogens (tertiary/aromatic N) is 3. The van der Waals surface area contributed by atoms with E-state index in [1.165, 1.54) is 0 Å². The van der Waals surface area contributed by atoms with Gasteiger partial charge in [0.1, 0.15) is 0 Å². The highest BCUT2D eigenvalue weighted by Gasteiger charge is 2.29. The van der Waals surface area contributed by atoms with E-state index in [1.807, 2.05) is 0 Å². The lowest BCUT2D eigenvalue weighted by molar-refractivity contribution is 0.0994. The van der Waals surface area contributed by atoms with Crippen molar-refractivity contribution in [3.63, 3.8) is 0 Å². The maximum atomic E-state index is 10.9. The van der Waals surface area contributed by atoms with E-state index in [-0.39, 0.29) is 5.69 Å². The molecular weight excluding hydrogens is 218 g/mol. The van der Waals surface area contributed by atoms with E-state index in [0.29, 0.717) is 18.5 Å². The Kier molecular flexibility index (Phi) is 3.23. The van der Waals surface area contributed by atoms with Crippen molar-refractivity contribution in [2.45, 2.75) is 19.4 Å². The molecule has 1 fully saturated rings. The van der Waals surface area contributed by atoms with Crippen molar-refractivity contribution in [1.29, 1.82) is 0 Å². The fourth-order valence-electron chi connectivity index (χ4n) is 2.24. The number of primary amides is 1. The van der Waals surface area contributed by atoms with Gasteiger partial charge in [-0.3, -0.25) is 4.79 Å². The molecule has 1 aromatic rings. The molecule has 6 nitrogen and oxygen atoms in total. The van der Waals surface area contributed by atoms with Crippen LogP contribution in [0, 0.1) is 5.92 Å². The second-order valence-electron chi connectivity index (χ2n) is 4.48. The zero-order valence-electron chi connectivity index (χ0n) is 9.84. The molecule has 1 aliphatic rings. The highest BCUT2D eigenvalue weighted by atomic mass is 16.1. The van der Waals surface area contributed by atoms with Crippen LogP contribution >= 0.6 is 0 Å². The average molecular weight is 235 g/mol. The van der Waals surface area contributed by atoms with E-state index in [4.69, 9.17) is 11.5 Å². The van der Waals surface area contributed by atoms with E-state index >= 15 is 0 Å². The SMILES string of the molecule is CC1CC(CN)CN1c1ccc(C(N)=O)nn1. The van der Waals surface area contributed by atoms with Crippen molar-refractivity contribution in [3.05, 3.63) is 17.8 Å². The summed E-state index contributed by atoms with van der Waals surface area (Å²) in [5.74, 6) is 0.722. The Labute approximate surface area is 100.0 Å². The zero-order chi connectivity index (χ0) is 12.4. The molecule has 2 unspecified atom stereocenters. The van der Waals surface area contributed by atoms with Crippen LogP contribution in [0.4, 0.5) is 5.82 Å². The normalized spacial score (nSPS) is 24.0. The summed E-state index contributed by atoms with van der Waals surface area (Å²) >= 11 is 0. The fraction of sp³-hybridized carbons (Fsp3) is 0.545. The zero-order valence-corrected chi connectivity index (χ0v) is 9.84. The Morgan fingerprint density at radius 1 is 1.53 bits per heavy atom. The number of nitrogens with two attached hydrogens (primary N) is 2. The summed E-state index contributed by atoms with van der Waals surface area (Å²) in [6.07, 6.45) is 1.07. The highest BCUT2D eigenvalue weighted by Crippen LogP contribution is 2.26. The van der Waals surface area contributed by atoms with Crippen molar-refractivity contribution >= 4 is 11.7 Å². The first-order valence-electron chi connectivity index (χ1n) is 5.72. The lowest BCUT2D eigenvalue weighted by atomic mass is 10.1. The summed E-state index contributed by atoms with van der Waals surface area (Å²) < 4.78 is 0. The number of anilines is 1. The van der Waals surface area contributed by atoms with Crippen molar-refractivity contribution in [3.8, 4) is 0 Å². The second-order valence-corrected chi connectivity index (χ2v) is 4.48. The summed E-state index contributed by atoms with van der Waals surface area (Å²) in [6, 6.07) is 3.78. The van der Waals surface area contributed by atoms with Crippen molar-refractivity contribution in [1.82, 2.24) is 10.2 Å². The second kappa shape index (κ2) is 4.67. The lowest BCUT2D eigenvalue weighted by Gasteiger charge is -2.21. The molecule has 1 aromatic heterocycles. The quantitative estimate of drug-likeness (QED) is 0.752. The molecule has 4 N–H and O–H groups in total. The number of carbonyl (C=O) groups is 1. The van der Waals surface area contributed by atoms with Crippen molar-refractivity contribution in [2.24, 2.45) is 17.4 Å². The third kappa shape index (κ3) is 2.36. The van der Waals surface area contributed by atoms with Gasteiger partial charge in [-0.1, -0.05) is 0 Å². The van der Waals surface area contributed by atoms with Gasteiger partial charge < -0.3 is 16.4 Å². The molecule has 1 aliphatic heterocycles. The molecule has 92 valence electrons. The van der Waals surface area contributed by atoms with E-state index in [2.05, 4.69) is 22.0 Å². The number of hydrogen-bond acceptors (Lipinski definition) is 5. The van der Waals surface area contributed by atoms with E-state index in [1.54, 1.807) is 12.1 Å². The predicted octanol–water partition coefficient (Wildman–Crippen LogP) is -0.251. The van der Waals surface area contributed by atoms with Gasteiger partial charge >= 0.3 is 0 Å². The maximum Gasteiger partial charge on any atom is 0.269 e. The predicted molar refractivity (Wildman–Crippen MR) is 64.5 cm³/mol. The van der Waals surface area contributed by atoms with Crippen LogP contribution in [0.2, 0.25) is 0 Å². The van der Waals surface area contributed by atoms with Gasteiger partial charge in [0.15, 0.2) is 11.5 Å². The van der Waals surface area contributed by atoms with Gasteiger partial charge in [0, 0.05) is 12.6 Å². The summed E-state index contributed by atoms with van der Waals surface area (Å²) in [5.41, 5.74) is 11.0. The standard InChI is InChI=1S/C11H17N5O/c1-7-4-8(5-12)6-16(7)10-3-2-9(11(13)17)14-15-10/h2-3,7-8H,4-6,12H2,1H3,(H2,13,17). The van der Waals surface area contributed by atoms with Gasteiger partial charge in [0.25, 0.3) is 5.91 Å². The number of hydrogen-bond donors (Lipinski definition) is 2. The number of aromatic nitrogens is 2. The summed E-state index contributed by atoms with van der Waals surface area (Å²) in [7, 11) is 0. The monoisotopic (exact) mass is 235 g/mol. The van der Waals surface area contributed by atoms with Crippen molar-refractivity contribution < 1.29 is 4.79 Å². The fourth-order valence-corrected chi connectivity index (χ4v) is 2.24. The van der Waals surface area contributed by atoms with E-state index < -0.39 is 5.91 Å². The molecule has 0 spiro atoms.